The molecule has 8 nitrogen and oxygen atoms in total. The zero-order valence-electron chi connectivity index (χ0n) is 18.0. The Bertz CT molecular complexity index is 1300. The molecule has 0 aliphatic carbocycles. The third-order valence-corrected chi connectivity index (χ3v) is 8.29. The Morgan fingerprint density at radius 3 is 2.74 bits per heavy atom. The molecule has 10 heteroatoms. The molecule has 1 spiro atoms. The predicted octanol–water partition coefficient (Wildman–Crippen LogP) is 3.72. The van der Waals surface area contributed by atoms with E-state index in [1.807, 2.05) is 41.1 Å². The first kappa shape index (κ1) is 21.1. The van der Waals surface area contributed by atoms with Crippen molar-refractivity contribution in [2.75, 3.05) is 13.2 Å². The van der Waals surface area contributed by atoms with Gasteiger partial charge in [0.2, 0.25) is 0 Å². The van der Waals surface area contributed by atoms with Crippen LogP contribution in [0.25, 0.3) is 0 Å². The first-order chi connectivity index (χ1) is 16.6. The summed E-state index contributed by atoms with van der Waals surface area (Å²) in [5.74, 6) is -0.264. The van der Waals surface area contributed by atoms with E-state index in [2.05, 4.69) is 10.4 Å². The van der Waals surface area contributed by atoms with Gasteiger partial charge >= 0.3 is 6.03 Å². The Hall–Kier alpha value is -3.50. The van der Waals surface area contributed by atoms with E-state index in [0.717, 1.165) is 20.4 Å². The van der Waals surface area contributed by atoms with Gasteiger partial charge in [-0.15, -0.1) is 22.7 Å². The van der Waals surface area contributed by atoms with Gasteiger partial charge in [0.1, 0.15) is 12.3 Å². The second-order valence-electron chi connectivity index (χ2n) is 8.32. The quantitative estimate of drug-likeness (QED) is 0.562. The van der Waals surface area contributed by atoms with Crippen molar-refractivity contribution in [3.63, 3.8) is 0 Å². The molecule has 6 rings (SSSR count). The first-order valence-corrected chi connectivity index (χ1v) is 12.7. The number of thiophene rings is 2. The number of imide groups is 1. The van der Waals surface area contributed by atoms with E-state index in [1.165, 1.54) is 5.01 Å². The highest BCUT2D eigenvalue weighted by molar-refractivity contribution is 7.12. The van der Waals surface area contributed by atoms with Crippen LogP contribution >= 0.6 is 22.7 Å². The fourth-order valence-electron chi connectivity index (χ4n) is 4.76. The second kappa shape index (κ2) is 8.07. The Morgan fingerprint density at radius 2 is 1.94 bits per heavy atom. The van der Waals surface area contributed by atoms with Crippen LogP contribution < -0.4 is 10.1 Å². The largest absolute Gasteiger partial charge is 0.493 e. The fourth-order valence-corrected chi connectivity index (χ4v) is 6.29. The van der Waals surface area contributed by atoms with Crippen molar-refractivity contribution in [1.29, 1.82) is 0 Å². The molecule has 1 fully saturated rings. The molecule has 2 atom stereocenters. The van der Waals surface area contributed by atoms with Crippen LogP contribution in [0, 0.1) is 0 Å². The molecule has 4 amide bonds. The summed E-state index contributed by atoms with van der Waals surface area (Å²) in [4.78, 5) is 43.0. The molecule has 3 aromatic rings. The maximum atomic E-state index is 13.6. The number of urea groups is 1. The molecule has 172 valence electrons. The van der Waals surface area contributed by atoms with E-state index >= 15 is 0 Å². The summed E-state index contributed by atoms with van der Waals surface area (Å²) < 4.78 is 5.68. The number of ether oxygens (including phenoxy) is 1. The number of para-hydroxylation sites is 1. The van der Waals surface area contributed by atoms with Crippen LogP contribution in [-0.2, 0) is 15.1 Å². The van der Waals surface area contributed by atoms with E-state index in [4.69, 9.17) is 4.74 Å². The number of nitrogens with one attached hydrogen (secondary N) is 1. The van der Waals surface area contributed by atoms with Crippen molar-refractivity contribution >= 4 is 46.2 Å². The van der Waals surface area contributed by atoms with E-state index in [-0.39, 0.29) is 12.6 Å². The zero-order chi connectivity index (χ0) is 23.3. The zero-order valence-corrected chi connectivity index (χ0v) is 19.6. The van der Waals surface area contributed by atoms with Crippen LogP contribution in [0.2, 0.25) is 0 Å². The van der Waals surface area contributed by atoms with Gasteiger partial charge in [-0.1, -0.05) is 30.3 Å². The van der Waals surface area contributed by atoms with E-state index in [1.54, 1.807) is 40.9 Å². The molecule has 0 unspecified atom stereocenters. The normalized spacial score (nSPS) is 23.6. The van der Waals surface area contributed by atoms with Gasteiger partial charge in [0, 0.05) is 23.3 Å². The molecule has 3 aliphatic rings. The van der Waals surface area contributed by atoms with Gasteiger partial charge in [-0.25, -0.2) is 9.80 Å². The highest BCUT2D eigenvalue weighted by atomic mass is 32.1. The van der Waals surface area contributed by atoms with Crippen LogP contribution in [-0.4, -0.2) is 46.6 Å². The summed E-state index contributed by atoms with van der Waals surface area (Å²) in [6.45, 7) is -0.0790. The van der Waals surface area contributed by atoms with Crippen molar-refractivity contribution in [1.82, 2.24) is 15.2 Å². The Labute approximate surface area is 203 Å². The molecule has 0 saturated carbocycles. The summed E-state index contributed by atoms with van der Waals surface area (Å²) in [6.07, 6.45) is 0.892. The van der Waals surface area contributed by atoms with Gasteiger partial charge in [-0.3, -0.25) is 14.5 Å². The highest BCUT2D eigenvalue weighted by Gasteiger charge is 2.55. The number of amides is 4. The molecular formula is C24H20N4O4S2. The summed E-state index contributed by atoms with van der Waals surface area (Å²) >= 11 is 3.13. The van der Waals surface area contributed by atoms with Crippen molar-refractivity contribution in [3.05, 3.63) is 74.6 Å². The third-order valence-electron chi connectivity index (χ3n) is 6.39. The minimum atomic E-state index is -1.21. The standard InChI is InChI=1S/C24H20N4O4S2/c29-21(28-17(20-8-4-12-34-20)13-16(26-28)19-7-3-11-33-19)14-27-22(30)24(25-23(27)31)9-10-32-18-6-2-1-5-15(18)24/h1-8,11-12,17H,9-10,13-14H2,(H,25,31)/t17-,24-/m0/s1. The van der Waals surface area contributed by atoms with Crippen LogP contribution in [0.1, 0.15) is 34.2 Å². The van der Waals surface area contributed by atoms with Gasteiger partial charge < -0.3 is 10.1 Å². The summed E-state index contributed by atoms with van der Waals surface area (Å²) in [6, 6.07) is 14.2. The van der Waals surface area contributed by atoms with Gasteiger partial charge in [-0.05, 0) is 29.0 Å². The number of hydrogen-bond acceptors (Lipinski definition) is 7. The Kier molecular flexibility index (Phi) is 5.00. The molecule has 34 heavy (non-hydrogen) atoms. The monoisotopic (exact) mass is 492 g/mol. The van der Waals surface area contributed by atoms with E-state index in [9.17, 15) is 14.4 Å². The summed E-state index contributed by atoms with van der Waals surface area (Å²) in [5.41, 5.74) is 0.231. The van der Waals surface area contributed by atoms with Crippen LogP contribution in [0.5, 0.6) is 5.75 Å². The molecule has 1 saturated heterocycles. The van der Waals surface area contributed by atoms with Crippen molar-refractivity contribution < 1.29 is 19.1 Å². The lowest BCUT2D eigenvalue weighted by atomic mass is 9.84. The minimum Gasteiger partial charge on any atom is -0.493 e. The van der Waals surface area contributed by atoms with Gasteiger partial charge in [0.05, 0.1) is 23.2 Å². The molecular weight excluding hydrogens is 472 g/mol. The minimum absolute atomic E-state index is 0.261. The summed E-state index contributed by atoms with van der Waals surface area (Å²) in [5, 5.41) is 12.8. The van der Waals surface area contributed by atoms with Crippen molar-refractivity contribution in [2.24, 2.45) is 5.10 Å². The maximum Gasteiger partial charge on any atom is 0.325 e. The second-order valence-corrected chi connectivity index (χ2v) is 10.2. The number of nitrogens with zero attached hydrogens (tertiary/aromatic N) is 3. The highest BCUT2D eigenvalue weighted by Crippen LogP contribution is 2.41. The number of fused-ring (bicyclic) bond motifs is 2. The molecule has 5 heterocycles. The van der Waals surface area contributed by atoms with Crippen LogP contribution in [0.3, 0.4) is 0 Å². The number of carbonyl (C=O) groups is 3. The van der Waals surface area contributed by atoms with Crippen LogP contribution in [0.4, 0.5) is 4.79 Å². The van der Waals surface area contributed by atoms with Crippen molar-refractivity contribution in [2.45, 2.75) is 24.4 Å². The van der Waals surface area contributed by atoms with Gasteiger partial charge in [0.15, 0.2) is 5.54 Å². The number of rotatable bonds is 4. The fraction of sp³-hybridized carbons (Fsp3) is 0.250. The maximum absolute atomic E-state index is 13.6. The number of hydrazone groups is 1. The van der Waals surface area contributed by atoms with Gasteiger partial charge in [0.25, 0.3) is 11.8 Å². The smallest absolute Gasteiger partial charge is 0.325 e. The molecule has 0 bridgehead atoms. The number of hydrogen-bond donors (Lipinski definition) is 1. The molecule has 3 aliphatic heterocycles. The van der Waals surface area contributed by atoms with Crippen molar-refractivity contribution in [3.8, 4) is 5.75 Å². The number of carbonyl (C=O) groups excluding carboxylic acids is 3. The molecule has 2 aromatic heterocycles. The number of benzene rings is 1. The van der Waals surface area contributed by atoms with Gasteiger partial charge in [-0.2, -0.15) is 5.10 Å². The molecule has 1 aromatic carbocycles. The Balaban J connectivity index is 1.29. The summed E-state index contributed by atoms with van der Waals surface area (Å²) in [7, 11) is 0. The molecule has 0 radical (unpaired) electrons. The first-order valence-electron chi connectivity index (χ1n) is 10.9. The lowest BCUT2D eigenvalue weighted by Crippen LogP contribution is -2.48. The SMILES string of the molecule is O=C1N[C@]2(CCOc3ccccc32)C(=O)N1CC(=O)N1N=C(c2cccs2)C[C@H]1c1cccs1. The third kappa shape index (κ3) is 3.24. The Morgan fingerprint density at radius 1 is 1.12 bits per heavy atom. The van der Waals surface area contributed by atoms with E-state index in [0.29, 0.717) is 30.8 Å². The lowest BCUT2D eigenvalue weighted by molar-refractivity contribution is -0.140. The average Bonchev–Trinajstić information content (AvgIpc) is 3.64. The van der Waals surface area contributed by atoms with E-state index < -0.39 is 23.4 Å². The average molecular weight is 493 g/mol. The predicted molar refractivity (Wildman–Crippen MR) is 128 cm³/mol. The lowest BCUT2D eigenvalue weighted by Gasteiger charge is -2.33. The molecule has 1 N–H and O–H groups in total. The topological polar surface area (TPSA) is 91.3 Å². The van der Waals surface area contributed by atoms with Crippen LogP contribution in [0.15, 0.2) is 64.4 Å².